The third-order valence-corrected chi connectivity index (χ3v) is 6.61. The van der Waals surface area contributed by atoms with Crippen LogP contribution in [0.5, 0.6) is 0 Å². The maximum atomic E-state index is 12.3. The third kappa shape index (κ3) is 5.96. The lowest BCUT2D eigenvalue weighted by Gasteiger charge is -2.13. The molecule has 0 radical (unpaired) electrons. The standard InChI is InChI=1S/C20H26N6O7S/c1-10-18(11(2)31-25-10)34(29,30)33-20(28)15(21)9-24-17(27)8-14-7-16(26-32-14)12-3-5-13(6-4-12)19(22)23/h3-6,14-16,26H,7-9,21H2,1-2H3,(H3,22,23)(H,24,27)/t14-,15+,16+/m1/s1. The predicted octanol–water partition coefficient (Wildman–Crippen LogP) is -0.324. The zero-order valence-corrected chi connectivity index (χ0v) is 19.3. The van der Waals surface area contributed by atoms with E-state index < -0.39 is 34.1 Å². The van der Waals surface area contributed by atoms with Crippen LogP contribution in [-0.2, 0) is 28.7 Å². The minimum Gasteiger partial charge on any atom is -0.384 e. The van der Waals surface area contributed by atoms with E-state index in [1.54, 1.807) is 12.1 Å². The summed E-state index contributed by atoms with van der Waals surface area (Å²) in [5.41, 5.74) is 15.6. The van der Waals surface area contributed by atoms with Crippen molar-refractivity contribution in [3.8, 4) is 0 Å². The normalized spacial score (nSPS) is 18.9. The van der Waals surface area contributed by atoms with Crippen LogP contribution >= 0.6 is 0 Å². The van der Waals surface area contributed by atoms with Crippen molar-refractivity contribution >= 4 is 27.8 Å². The van der Waals surface area contributed by atoms with Gasteiger partial charge in [-0.3, -0.25) is 15.0 Å². The van der Waals surface area contributed by atoms with Crippen LogP contribution in [0.2, 0.25) is 0 Å². The van der Waals surface area contributed by atoms with Crippen LogP contribution in [0.25, 0.3) is 0 Å². The summed E-state index contributed by atoms with van der Waals surface area (Å²) in [7, 11) is -4.47. The average molecular weight is 495 g/mol. The fourth-order valence-corrected chi connectivity index (χ4v) is 4.60. The summed E-state index contributed by atoms with van der Waals surface area (Å²) in [5.74, 6) is -1.71. The number of aromatic nitrogens is 1. The van der Waals surface area contributed by atoms with Crippen molar-refractivity contribution in [2.45, 2.75) is 49.8 Å². The van der Waals surface area contributed by atoms with Crippen LogP contribution in [0.4, 0.5) is 0 Å². The fraction of sp³-hybridized carbons (Fsp3) is 0.400. The van der Waals surface area contributed by atoms with E-state index in [-0.39, 0.29) is 41.2 Å². The van der Waals surface area contributed by atoms with Gasteiger partial charge in [0.2, 0.25) is 5.91 Å². The Labute approximate surface area is 195 Å². The van der Waals surface area contributed by atoms with Gasteiger partial charge < -0.3 is 25.5 Å². The summed E-state index contributed by atoms with van der Waals surface area (Å²) in [6.45, 7) is 2.43. The van der Waals surface area contributed by atoms with Gasteiger partial charge in [-0.2, -0.15) is 13.9 Å². The molecule has 1 amide bonds. The van der Waals surface area contributed by atoms with Crippen molar-refractivity contribution in [3.63, 3.8) is 0 Å². The summed E-state index contributed by atoms with van der Waals surface area (Å²) in [6, 6.07) is 5.54. The summed E-state index contributed by atoms with van der Waals surface area (Å²) >= 11 is 0. The van der Waals surface area contributed by atoms with Crippen molar-refractivity contribution in [2.24, 2.45) is 11.5 Å². The molecule has 1 saturated heterocycles. The van der Waals surface area contributed by atoms with Crippen LogP contribution in [-0.4, -0.2) is 50.0 Å². The molecule has 13 nitrogen and oxygen atoms in total. The zero-order valence-electron chi connectivity index (χ0n) is 18.5. The van der Waals surface area contributed by atoms with Gasteiger partial charge in [0.25, 0.3) is 0 Å². The maximum Gasteiger partial charge on any atom is 0.347 e. The Morgan fingerprint density at radius 3 is 2.59 bits per heavy atom. The minimum atomic E-state index is -4.47. The number of nitrogens with two attached hydrogens (primary N) is 2. The van der Waals surface area contributed by atoms with Gasteiger partial charge in [-0.15, -0.1) is 0 Å². The van der Waals surface area contributed by atoms with Gasteiger partial charge >= 0.3 is 16.1 Å². The Morgan fingerprint density at radius 1 is 1.32 bits per heavy atom. The number of hydroxylamine groups is 1. The fourth-order valence-electron chi connectivity index (χ4n) is 3.39. The van der Waals surface area contributed by atoms with Gasteiger partial charge in [-0.05, 0) is 25.8 Å². The molecule has 0 unspecified atom stereocenters. The smallest absolute Gasteiger partial charge is 0.347 e. The highest BCUT2D eigenvalue weighted by Gasteiger charge is 2.32. The quantitative estimate of drug-likeness (QED) is 0.173. The molecule has 0 spiro atoms. The molecule has 0 bridgehead atoms. The second-order valence-corrected chi connectivity index (χ2v) is 9.29. The van der Waals surface area contributed by atoms with E-state index in [2.05, 4.69) is 20.1 Å². The number of amidine groups is 1. The molecular weight excluding hydrogens is 468 g/mol. The highest BCUT2D eigenvalue weighted by atomic mass is 32.2. The second-order valence-electron chi connectivity index (χ2n) is 7.81. The van der Waals surface area contributed by atoms with Crippen LogP contribution in [0, 0.1) is 19.3 Å². The number of benzene rings is 1. The maximum absolute atomic E-state index is 12.3. The molecule has 1 aliphatic heterocycles. The van der Waals surface area contributed by atoms with Crippen molar-refractivity contribution in [1.82, 2.24) is 16.0 Å². The van der Waals surface area contributed by atoms with Gasteiger partial charge in [0.05, 0.1) is 18.6 Å². The van der Waals surface area contributed by atoms with E-state index in [9.17, 15) is 18.0 Å². The summed E-state index contributed by atoms with van der Waals surface area (Å²) in [6.07, 6.45) is 0.0747. The topological polar surface area (TPSA) is 213 Å². The van der Waals surface area contributed by atoms with Gasteiger partial charge in [0, 0.05) is 12.1 Å². The van der Waals surface area contributed by atoms with Crippen molar-refractivity contribution in [2.75, 3.05) is 6.54 Å². The molecule has 14 heteroatoms. The van der Waals surface area contributed by atoms with Gasteiger partial charge in [-0.1, -0.05) is 29.4 Å². The molecule has 2 aromatic rings. The molecule has 2 heterocycles. The molecule has 7 N–H and O–H groups in total. The van der Waals surface area contributed by atoms with Gasteiger partial charge in [0.15, 0.2) is 10.7 Å². The number of aryl methyl sites for hydroxylation is 2. The Hall–Kier alpha value is -3.33. The zero-order chi connectivity index (χ0) is 25.0. The number of nitrogens with one attached hydrogen (secondary N) is 3. The highest BCUT2D eigenvalue weighted by molar-refractivity contribution is 7.87. The first-order valence-corrected chi connectivity index (χ1v) is 11.7. The van der Waals surface area contributed by atoms with E-state index >= 15 is 0 Å². The van der Waals surface area contributed by atoms with E-state index in [0.29, 0.717) is 12.0 Å². The number of nitrogens with zero attached hydrogens (tertiary/aromatic N) is 1. The largest absolute Gasteiger partial charge is 0.384 e. The van der Waals surface area contributed by atoms with E-state index in [1.807, 2.05) is 12.1 Å². The van der Waals surface area contributed by atoms with E-state index in [4.69, 9.17) is 26.2 Å². The lowest BCUT2D eigenvalue weighted by atomic mass is 9.99. The summed E-state index contributed by atoms with van der Waals surface area (Å²) in [5, 5.41) is 13.4. The molecule has 3 rings (SSSR count). The van der Waals surface area contributed by atoms with Crippen molar-refractivity contribution in [3.05, 3.63) is 46.8 Å². The van der Waals surface area contributed by atoms with Crippen molar-refractivity contribution in [1.29, 1.82) is 5.41 Å². The Kier molecular flexibility index (Phi) is 7.66. The molecule has 0 aliphatic carbocycles. The number of amides is 1. The summed E-state index contributed by atoms with van der Waals surface area (Å²) < 4.78 is 33.9. The number of hydrogen-bond donors (Lipinski definition) is 5. The molecule has 1 aliphatic rings. The van der Waals surface area contributed by atoms with Gasteiger partial charge in [0.1, 0.15) is 17.6 Å². The van der Waals surface area contributed by atoms with Crippen LogP contribution in [0.15, 0.2) is 33.7 Å². The first-order valence-electron chi connectivity index (χ1n) is 10.3. The average Bonchev–Trinajstić information content (AvgIpc) is 3.37. The van der Waals surface area contributed by atoms with Crippen LogP contribution < -0.4 is 22.3 Å². The SMILES string of the molecule is Cc1noc(C)c1S(=O)(=O)OC(=O)[C@@H](N)CNC(=O)C[C@H]1C[C@@H](c2ccc(C(=N)N)cc2)NO1. The monoisotopic (exact) mass is 494 g/mol. The van der Waals surface area contributed by atoms with Crippen LogP contribution in [0.1, 0.15) is 41.5 Å². The highest BCUT2D eigenvalue weighted by Crippen LogP contribution is 2.27. The number of carbonyl (C=O) groups excluding carboxylic acids is 2. The molecule has 3 atom stereocenters. The first-order chi connectivity index (χ1) is 16.0. The molecule has 1 aromatic heterocycles. The molecule has 34 heavy (non-hydrogen) atoms. The Morgan fingerprint density at radius 2 is 2.00 bits per heavy atom. The number of nitrogen functional groups attached to an aromatic ring is 1. The molecule has 1 fully saturated rings. The van der Waals surface area contributed by atoms with Crippen LogP contribution in [0.3, 0.4) is 0 Å². The molecule has 184 valence electrons. The molecule has 0 saturated carbocycles. The number of hydrogen-bond acceptors (Lipinski definition) is 11. The minimum absolute atomic E-state index is 0.00578. The Balaban J connectivity index is 1.45. The predicted molar refractivity (Wildman–Crippen MR) is 118 cm³/mol. The molecular formula is C20H26N6O7S. The molecule has 1 aromatic carbocycles. The number of carbonyl (C=O) groups is 2. The van der Waals surface area contributed by atoms with E-state index in [1.165, 1.54) is 13.8 Å². The summed E-state index contributed by atoms with van der Waals surface area (Å²) in [4.78, 5) is 29.5. The first kappa shape index (κ1) is 25.3. The van der Waals surface area contributed by atoms with Gasteiger partial charge in [-0.25, -0.2) is 4.79 Å². The Bertz CT molecular complexity index is 1160. The third-order valence-electron chi connectivity index (χ3n) is 5.14. The van der Waals surface area contributed by atoms with Crippen molar-refractivity contribution < 1.29 is 31.6 Å². The second kappa shape index (κ2) is 10.3. The van der Waals surface area contributed by atoms with E-state index in [0.717, 1.165) is 5.56 Å². The number of rotatable bonds is 9. The lowest BCUT2D eigenvalue weighted by Crippen LogP contribution is -2.44. The lowest BCUT2D eigenvalue weighted by molar-refractivity contribution is -0.135.